The van der Waals surface area contributed by atoms with Crippen molar-refractivity contribution in [3.05, 3.63) is 107 Å². The van der Waals surface area contributed by atoms with Gasteiger partial charge in [-0.2, -0.15) is 21.6 Å². The van der Waals surface area contributed by atoms with Crippen LogP contribution in [0.15, 0.2) is 85.2 Å². The summed E-state index contributed by atoms with van der Waals surface area (Å²) in [6, 6.07) is 19.1. The minimum atomic E-state index is -4.54. The Bertz CT molecular complexity index is 1650. The van der Waals surface area contributed by atoms with Crippen molar-refractivity contribution in [3.8, 4) is 0 Å². The molecule has 0 spiro atoms. The van der Waals surface area contributed by atoms with Crippen LogP contribution < -0.4 is 0 Å². The molecule has 1 atom stereocenters. The zero-order valence-corrected chi connectivity index (χ0v) is 19.6. The van der Waals surface area contributed by atoms with Crippen LogP contribution in [0.3, 0.4) is 0 Å². The molecule has 2 heterocycles. The van der Waals surface area contributed by atoms with Crippen molar-refractivity contribution in [1.82, 2.24) is 9.55 Å². The van der Waals surface area contributed by atoms with E-state index < -0.39 is 27.5 Å². The second-order valence-electron chi connectivity index (χ2n) is 8.46. The number of aryl methyl sites for hydroxylation is 1. The molecule has 0 aliphatic heterocycles. The van der Waals surface area contributed by atoms with E-state index in [0.717, 1.165) is 29.4 Å². The molecule has 0 saturated heterocycles. The number of nitrogens with zero attached hydrogens (tertiary/aromatic N) is 1. The average Bonchev–Trinajstić information content (AvgIpc) is 3.39. The Hall–Kier alpha value is -3.56. The van der Waals surface area contributed by atoms with Crippen LogP contribution in [0.4, 0.5) is 13.2 Å². The molecule has 0 fully saturated rings. The summed E-state index contributed by atoms with van der Waals surface area (Å²) < 4.78 is 73.4. The quantitative estimate of drug-likeness (QED) is 0.305. The minimum Gasteiger partial charge on any atom is -0.361 e. The lowest BCUT2D eigenvalue weighted by molar-refractivity contribution is -0.137. The summed E-state index contributed by atoms with van der Waals surface area (Å²) >= 11 is 0. The standard InChI is InChI=1S/C26H21F3N2O3S/c1-31-16-22(20-8-4-6-10-24(20)31)25(34-35(2,32)33,17-11-13-18(14-12-17)26(27,28)29)21-15-30-23-9-5-3-7-19(21)23/h3-16,30H,1-2H3. The van der Waals surface area contributed by atoms with Gasteiger partial charge in [0.15, 0.2) is 5.60 Å². The van der Waals surface area contributed by atoms with Crippen molar-refractivity contribution in [2.45, 2.75) is 11.8 Å². The fourth-order valence-corrected chi connectivity index (χ4v) is 5.43. The Morgan fingerprint density at radius 2 is 1.43 bits per heavy atom. The van der Waals surface area contributed by atoms with Crippen molar-refractivity contribution >= 4 is 31.9 Å². The van der Waals surface area contributed by atoms with Crippen LogP contribution in [-0.4, -0.2) is 24.2 Å². The lowest BCUT2D eigenvalue weighted by Gasteiger charge is -2.33. The molecule has 3 aromatic carbocycles. The predicted octanol–water partition coefficient (Wildman–Crippen LogP) is 5.95. The van der Waals surface area contributed by atoms with E-state index in [0.29, 0.717) is 21.9 Å². The van der Waals surface area contributed by atoms with E-state index in [-0.39, 0.29) is 5.56 Å². The maximum absolute atomic E-state index is 13.4. The zero-order chi connectivity index (χ0) is 25.0. The van der Waals surface area contributed by atoms with E-state index in [4.69, 9.17) is 4.18 Å². The molecule has 0 aliphatic rings. The molecule has 0 aliphatic carbocycles. The number of aromatic nitrogens is 2. The third kappa shape index (κ3) is 3.90. The van der Waals surface area contributed by atoms with E-state index in [2.05, 4.69) is 4.98 Å². The van der Waals surface area contributed by atoms with Gasteiger partial charge in [0.25, 0.3) is 10.1 Å². The second kappa shape index (κ2) is 8.00. The highest BCUT2D eigenvalue weighted by Gasteiger charge is 2.45. The van der Waals surface area contributed by atoms with Crippen LogP contribution in [0.5, 0.6) is 0 Å². The highest BCUT2D eigenvalue weighted by Crippen LogP contribution is 2.47. The molecule has 1 unspecified atom stereocenters. The topological polar surface area (TPSA) is 64.1 Å². The third-order valence-corrected chi connectivity index (χ3v) is 6.69. The molecule has 5 rings (SSSR count). The van der Waals surface area contributed by atoms with E-state index in [9.17, 15) is 21.6 Å². The molecule has 1 N–H and O–H groups in total. The molecule has 0 bridgehead atoms. The van der Waals surface area contributed by atoms with Gasteiger partial charge < -0.3 is 9.55 Å². The van der Waals surface area contributed by atoms with E-state index in [1.807, 2.05) is 54.1 Å². The van der Waals surface area contributed by atoms with Crippen molar-refractivity contribution in [3.63, 3.8) is 0 Å². The van der Waals surface area contributed by atoms with Crippen molar-refractivity contribution in [1.29, 1.82) is 0 Å². The van der Waals surface area contributed by atoms with Gasteiger partial charge in [0.05, 0.1) is 11.8 Å². The number of fused-ring (bicyclic) bond motifs is 2. The first-order valence-corrected chi connectivity index (χ1v) is 12.5. The monoisotopic (exact) mass is 498 g/mol. The molecule has 5 nitrogen and oxygen atoms in total. The van der Waals surface area contributed by atoms with Crippen molar-refractivity contribution in [2.75, 3.05) is 6.26 Å². The van der Waals surface area contributed by atoms with Gasteiger partial charge in [-0.3, -0.25) is 0 Å². The molecule has 0 amide bonds. The summed E-state index contributed by atoms with van der Waals surface area (Å²) in [5.41, 5.74) is 0.147. The number of alkyl halides is 3. The normalized spacial score (nSPS) is 14.4. The number of benzene rings is 3. The van der Waals surface area contributed by atoms with Gasteiger partial charge in [-0.15, -0.1) is 0 Å². The van der Waals surface area contributed by atoms with Crippen LogP contribution in [0.25, 0.3) is 21.8 Å². The van der Waals surface area contributed by atoms with E-state index in [1.165, 1.54) is 12.1 Å². The number of aromatic amines is 1. The van der Waals surface area contributed by atoms with Crippen LogP contribution >= 0.6 is 0 Å². The first-order chi connectivity index (χ1) is 16.5. The van der Waals surface area contributed by atoms with Crippen LogP contribution in [0.2, 0.25) is 0 Å². The van der Waals surface area contributed by atoms with Crippen LogP contribution in [0, 0.1) is 0 Å². The molecule has 5 aromatic rings. The van der Waals surface area contributed by atoms with Gasteiger partial charge >= 0.3 is 6.18 Å². The lowest BCUT2D eigenvalue weighted by atomic mass is 9.80. The van der Waals surface area contributed by atoms with Gasteiger partial charge in [0, 0.05) is 52.4 Å². The smallest absolute Gasteiger partial charge is 0.361 e. The molecule has 2 aromatic heterocycles. The summed E-state index contributed by atoms with van der Waals surface area (Å²) in [5.74, 6) is 0. The first-order valence-electron chi connectivity index (χ1n) is 10.7. The van der Waals surface area contributed by atoms with Crippen LogP contribution in [0.1, 0.15) is 22.3 Å². The maximum atomic E-state index is 13.4. The van der Waals surface area contributed by atoms with Crippen molar-refractivity contribution < 1.29 is 25.8 Å². The molecule has 180 valence electrons. The molecule has 0 saturated carbocycles. The SMILES string of the molecule is Cn1cc(C(OS(C)(=O)=O)(c2ccc(C(F)(F)F)cc2)c2c[nH]c3ccccc23)c2ccccc21. The third-order valence-electron chi connectivity index (χ3n) is 6.14. The highest BCUT2D eigenvalue weighted by atomic mass is 32.2. The Balaban J connectivity index is 1.94. The van der Waals surface area contributed by atoms with E-state index in [1.54, 1.807) is 18.5 Å². The summed E-state index contributed by atoms with van der Waals surface area (Å²) in [7, 11) is -2.30. The summed E-state index contributed by atoms with van der Waals surface area (Å²) in [5, 5.41) is 1.40. The zero-order valence-electron chi connectivity index (χ0n) is 18.8. The van der Waals surface area contributed by atoms with Gasteiger partial charge in [-0.05, 0) is 29.8 Å². The van der Waals surface area contributed by atoms with Crippen LogP contribution in [-0.2, 0) is 33.1 Å². The average molecular weight is 499 g/mol. The van der Waals surface area contributed by atoms with Gasteiger partial charge in [-0.25, -0.2) is 4.18 Å². The van der Waals surface area contributed by atoms with Gasteiger partial charge in [0.1, 0.15) is 0 Å². The molecular formula is C26H21F3N2O3S. The minimum absolute atomic E-state index is 0.247. The maximum Gasteiger partial charge on any atom is 0.416 e. The number of rotatable bonds is 5. The Kier molecular flexibility index (Phi) is 5.30. The summed E-state index contributed by atoms with van der Waals surface area (Å²) in [6.45, 7) is 0. The highest BCUT2D eigenvalue weighted by molar-refractivity contribution is 7.86. The first kappa shape index (κ1) is 23.2. The fourth-order valence-electron chi connectivity index (χ4n) is 4.70. The van der Waals surface area contributed by atoms with Gasteiger partial charge in [0.2, 0.25) is 0 Å². The molecule has 9 heteroatoms. The molecular weight excluding hydrogens is 477 g/mol. The summed E-state index contributed by atoms with van der Waals surface area (Å²) in [4.78, 5) is 3.15. The predicted molar refractivity (Wildman–Crippen MR) is 128 cm³/mol. The van der Waals surface area contributed by atoms with Gasteiger partial charge in [-0.1, -0.05) is 48.5 Å². The lowest BCUT2D eigenvalue weighted by Crippen LogP contribution is -2.35. The number of H-pyrrole nitrogens is 1. The second-order valence-corrected chi connectivity index (χ2v) is 10.0. The number of hydrogen-bond acceptors (Lipinski definition) is 3. The van der Waals surface area contributed by atoms with Crippen molar-refractivity contribution in [2.24, 2.45) is 7.05 Å². The van der Waals surface area contributed by atoms with E-state index >= 15 is 0 Å². The number of halogens is 3. The molecule has 35 heavy (non-hydrogen) atoms. The Labute approximate surface area is 199 Å². The largest absolute Gasteiger partial charge is 0.416 e. The Morgan fingerprint density at radius 3 is 2.09 bits per heavy atom. The number of para-hydroxylation sites is 2. The number of nitrogens with one attached hydrogen (secondary N) is 1. The summed E-state index contributed by atoms with van der Waals surface area (Å²) in [6.07, 6.45) is -0.199. The fraction of sp³-hybridized carbons (Fsp3) is 0.154. The Morgan fingerprint density at radius 1 is 0.829 bits per heavy atom. The molecule has 0 radical (unpaired) electrons. The number of hydrogen-bond donors (Lipinski definition) is 1.